The van der Waals surface area contributed by atoms with Crippen LogP contribution in [0.25, 0.3) is 0 Å². The Morgan fingerprint density at radius 2 is 1.33 bits per heavy atom. The van der Waals surface area contributed by atoms with Gasteiger partial charge >= 0.3 is 0 Å². The van der Waals surface area contributed by atoms with E-state index in [2.05, 4.69) is 99.6 Å². The van der Waals surface area contributed by atoms with Crippen LogP contribution in [0.15, 0.2) is 35.3 Å². The lowest BCUT2D eigenvalue weighted by Crippen LogP contribution is -2.19. The number of allylic oxidation sites excluding steroid dienone is 2. The molecule has 0 saturated heterocycles. The first-order valence-corrected chi connectivity index (χ1v) is 9.24. The normalized spacial score (nSPS) is 14.2. The van der Waals surface area contributed by atoms with Gasteiger partial charge in [0.2, 0.25) is 0 Å². The van der Waals surface area contributed by atoms with Crippen molar-refractivity contribution in [3.63, 3.8) is 0 Å². The van der Waals surface area contributed by atoms with Crippen LogP contribution < -0.4 is 0 Å². The van der Waals surface area contributed by atoms with Crippen molar-refractivity contribution in [3.8, 4) is 0 Å². The maximum absolute atomic E-state index is 5.21. The van der Waals surface area contributed by atoms with Crippen LogP contribution in [-0.4, -0.2) is 5.71 Å². The molecule has 0 aliphatic heterocycles. The molecule has 0 bridgehead atoms. The van der Waals surface area contributed by atoms with E-state index in [1.807, 2.05) is 0 Å². The Bertz CT molecular complexity index is 576. The molecule has 1 heteroatoms. The molecule has 0 unspecified atom stereocenters. The van der Waals surface area contributed by atoms with Crippen molar-refractivity contribution in [1.29, 1.82) is 0 Å². The van der Waals surface area contributed by atoms with Crippen molar-refractivity contribution in [3.05, 3.63) is 41.5 Å². The Balaban J connectivity index is 3.60. The van der Waals surface area contributed by atoms with E-state index in [1.54, 1.807) is 0 Å². The van der Waals surface area contributed by atoms with Gasteiger partial charge in [0.15, 0.2) is 0 Å². The van der Waals surface area contributed by atoms with Gasteiger partial charge in [0.1, 0.15) is 0 Å². The minimum Gasteiger partial charge on any atom is -0.252 e. The van der Waals surface area contributed by atoms with Crippen LogP contribution in [0.1, 0.15) is 92.2 Å². The molecule has 1 aromatic carbocycles. The van der Waals surface area contributed by atoms with Crippen LogP contribution in [0.2, 0.25) is 0 Å². The van der Waals surface area contributed by atoms with E-state index < -0.39 is 0 Å². The fourth-order valence-electron chi connectivity index (χ4n) is 2.55. The van der Waals surface area contributed by atoms with E-state index in [0.717, 1.165) is 5.71 Å². The standard InChI is InChI=1S/C23H37N/c1-16(2)18-12-11-13-19(17(3)4)21(18)24-20(23(8,9)10)14-15-22(5,6)7/h11-17H,1-10H3. The van der Waals surface area contributed by atoms with E-state index >= 15 is 0 Å². The smallest absolute Gasteiger partial charge is 0.0702 e. The van der Waals surface area contributed by atoms with Gasteiger partial charge in [0, 0.05) is 11.1 Å². The van der Waals surface area contributed by atoms with E-state index in [9.17, 15) is 0 Å². The third-order valence-corrected chi connectivity index (χ3v) is 4.08. The predicted molar refractivity (Wildman–Crippen MR) is 110 cm³/mol. The maximum Gasteiger partial charge on any atom is 0.0702 e. The van der Waals surface area contributed by atoms with Gasteiger partial charge in [0.25, 0.3) is 0 Å². The van der Waals surface area contributed by atoms with Crippen LogP contribution in [0.5, 0.6) is 0 Å². The van der Waals surface area contributed by atoms with Crippen LogP contribution in [0.3, 0.4) is 0 Å². The monoisotopic (exact) mass is 327 g/mol. The predicted octanol–water partition coefficient (Wildman–Crippen LogP) is 7.65. The lowest BCUT2D eigenvalue weighted by Gasteiger charge is -2.23. The number of hydrogen-bond acceptors (Lipinski definition) is 1. The second-order valence-electron chi connectivity index (χ2n) is 9.54. The first kappa shape index (κ1) is 20.7. The number of hydrogen-bond donors (Lipinski definition) is 0. The summed E-state index contributed by atoms with van der Waals surface area (Å²) in [6.45, 7) is 22.4. The molecule has 24 heavy (non-hydrogen) atoms. The zero-order valence-electron chi connectivity index (χ0n) is 17.5. The molecule has 1 rings (SSSR count). The first-order valence-electron chi connectivity index (χ1n) is 9.24. The van der Waals surface area contributed by atoms with Crippen LogP contribution in [0, 0.1) is 10.8 Å². The molecule has 0 atom stereocenters. The largest absolute Gasteiger partial charge is 0.252 e. The molecular formula is C23H37N. The van der Waals surface area contributed by atoms with Gasteiger partial charge in [-0.25, -0.2) is 0 Å². The highest BCUT2D eigenvalue weighted by Crippen LogP contribution is 2.36. The van der Waals surface area contributed by atoms with Gasteiger partial charge in [-0.05, 0) is 34.5 Å². The summed E-state index contributed by atoms with van der Waals surface area (Å²) in [6, 6.07) is 6.62. The van der Waals surface area contributed by atoms with Crippen molar-refractivity contribution in [2.75, 3.05) is 0 Å². The van der Waals surface area contributed by atoms with E-state index in [0.29, 0.717) is 11.8 Å². The molecule has 0 radical (unpaired) electrons. The maximum atomic E-state index is 5.21. The molecule has 0 amide bonds. The van der Waals surface area contributed by atoms with Gasteiger partial charge in [-0.2, -0.15) is 0 Å². The van der Waals surface area contributed by atoms with E-state index in [4.69, 9.17) is 4.99 Å². The number of para-hydroxylation sites is 1. The number of nitrogens with zero attached hydrogens (tertiary/aromatic N) is 1. The quantitative estimate of drug-likeness (QED) is 0.503. The number of rotatable bonds is 4. The molecule has 0 fully saturated rings. The first-order chi connectivity index (χ1) is 10.8. The Labute approximate surface area is 150 Å². The topological polar surface area (TPSA) is 12.4 Å². The second kappa shape index (κ2) is 7.68. The average Bonchev–Trinajstić information content (AvgIpc) is 2.40. The summed E-state index contributed by atoms with van der Waals surface area (Å²) in [5.41, 5.74) is 5.17. The number of benzene rings is 1. The highest BCUT2D eigenvalue weighted by atomic mass is 14.8. The van der Waals surface area contributed by atoms with Crippen molar-refractivity contribution in [2.24, 2.45) is 15.8 Å². The zero-order valence-corrected chi connectivity index (χ0v) is 17.5. The Hall–Kier alpha value is -1.37. The summed E-state index contributed by atoms with van der Waals surface area (Å²) in [6.07, 6.45) is 4.49. The highest BCUT2D eigenvalue weighted by Gasteiger charge is 2.20. The van der Waals surface area contributed by atoms with Gasteiger partial charge in [-0.15, -0.1) is 0 Å². The van der Waals surface area contributed by atoms with Gasteiger partial charge in [-0.3, -0.25) is 4.99 Å². The van der Waals surface area contributed by atoms with Gasteiger partial charge in [0.05, 0.1) is 5.69 Å². The summed E-state index contributed by atoms with van der Waals surface area (Å²) in [7, 11) is 0. The third-order valence-electron chi connectivity index (χ3n) is 4.08. The summed E-state index contributed by atoms with van der Waals surface area (Å²) in [5.74, 6) is 0.936. The van der Waals surface area contributed by atoms with Gasteiger partial charge < -0.3 is 0 Å². The lowest BCUT2D eigenvalue weighted by atomic mass is 9.86. The second-order valence-corrected chi connectivity index (χ2v) is 9.54. The van der Waals surface area contributed by atoms with Crippen molar-refractivity contribution in [1.82, 2.24) is 0 Å². The Morgan fingerprint density at radius 3 is 1.67 bits per heavy atom. The number of aliphatic imine (C=N–C) groups is 1. The highest BCUT2D eigenvalue weighted by molar-refractivity contribution is 6.01. The van der Waals surface area contributed by atoms with Crippen LogP contribution in [0.4, 0.5) is 5.69 Å². The Kier molecular flexibility index (Phi) is 6.61. The molecule has 0 spiro atoms. The lowest BCUT2D eigenvalue weighted by molar-refractivity contribution is 0.542. The SMILES string of the molecule is CC(C)c1cccc(C(C)C)c1N=C(C=CC(C)(C)C)C(C)(C)C. The molecule has 0 aliphatic carbocycles. The summed E-state index contributed by atoms with van der Waals surface area (Å²) < 4.78 is 0. The fraction of sp³-hybridized carbons (Fsp3) is 0.609. The van der Waals surface area contributed by atoms with Crippen molar-refractivity contribution in [2.45, 2.75) is 81.1 Å². The minimum atomic E-state index is 0.0140. The van der Waals surface area contributed by atoms with Crippen molar-refractivity contribution >= 4 is 11.4 Å². The molecule has 1 aromatic rings. The molecule has 0 N–H and O–H groups in total. The Morgan fingerprint density at radius 1 is 0.875 bits per heavy atom. The minimum absolute atomic E-state index is 0.0140. The average molecular weight is 328 g/mol. The molecular weight excluding hydrogens is 290 g/mol. The molecule has 134 valence electrons. The molecule has 0 aliphatic rings. The summed E-state index contributed by atoms with van der Waals surface area (Å²) in [5, 5.41) is 0. The van der Waals surface area contributed by atoms with Gasteiger partial charge in [-0.1, -0.05) is 93.5 Å². The van der Waals surface area contributed by atoms with E-state index in [1.165, 1.54) is 16.8 Å². The molecule has 0 saturated carbocycles. The van der Waals surface area contributed by atoms with Crippen LogP contribution >= 0.6 is 0 Å². The van der Waals surface area contributed by atoms with Crippen molar-refractivity contribution < 1.29 is 0 Å². The zero-order chi connectivity index (χ0) is 18.7. The molecule has 0 heterocycles. The van der Waals surface area contributed by atoms with Crippen LogP contribution in [-0.2, 0) is 0 Å². The third kappa shape index (κ3) is 5.92. The summed E-state index contributed by atoms with van der Waals surface area (Å²) >= 11 is 0. The summed E-state index contributed by atoms with van der Waals surface area (Å²) in [4.78, 5) is 5.21. The molecule has 0 aromatic heterocycles. The molecule has 1 nitrogen and oxygen atoms in total. The fourth-order valence-corrected chi connectivity index (χ4v) is 2.55. The van der Waals surface area contributed by atoms with E-state index in [-0.39, 0.29) is 10.8 Å².